The van der Waals surface area contributed by atoms with Crippen LogP contribution in [-0.4, -0.2) is 25.1 Å². The molecule has 2 N–H and O–H groups in total. The van der Waals surface area contributed by atoms with Crippen LogP contribution in [-0.2, 0) is 0 Å². The number of hydrogen-bond donors (Lipinski definition) is 1. The van der Waals surface area contributed by atoms with Crippen molar-refractivity contribution in [3.05, 3.63) is 58.6 Å². The second-order valence-electron chi connectivity index (χ2n) is 5.13. The molecule has 4 heteroatoms. The van der Waals surface area contributed by atoms with Gasteiger partial charge in [0.15, 0.2) is 0 Å². The summed E-state index contributed by atoms with van der Waals surface area (Å²) in [6.45, 7) is 3.69. The molecular formula is C17H21BrN2O. The first kappa shape index (κ1) is 15.9. The van der Waals surface area contributed by atoms with Gasteiger partial charge in [0.05, 0.1) is 0 Å². The lowest BCUT2D eigenvalue weighted by molar-refractivity contribution is 0.201. The molecule has 2 aromatic carbocycles. The van der Waals surface area contributed by atoms with E-state index in [1.54, 1.807) is 0 Å². The van der Waals surface area contributed by atoms with Crippen molar-refractivity contribution < 1.29 is 4.74 Å². The molecule has 0 aromatic heterocycles. The maximum absolute atomic E-state index is 5.84. The van der Waals surface area contributed by atoms with Crippen molar-refractivity contribution in [1.82, 2.24) is 4.90 Å². The number of hydrogen-bond acceptors (Lipinski definition) is 3. The summed E-state index contributed by atoms with van der Waals surface area (Å²) < 4.78 is 6.81. The molecule has 0 radical (unpaired) electrons. The number of nitrogen functional groups attached to an aromatic ring is 1. The zero-order valence-electron chi connectivity index (χ0n) is 12.4. The molecule has 21 heavy (non-hydrogen) atoms. The van der Waals surface area contributed by atoms with Gasteiger partial charge in [-0.3, -0.25) is 4.90 Å². The summed E-state index contributed by atoms with van der Waals surface area (Å²) in [5.41, 5.74) is 7.87. The molecule has 0 spiro atoms. The second-order valence-corrected chi connectivity index (χ2v) is 6.04. The lowest BCUT2D eigenvalue weighted by Gasteiger charge is -2.25. The second kappa shape index (κ2) is 7.48. The Morgan fingerprint density at radius 2 is 1.90 bits per heavy atom. The maximum atomic E-state index is 5.84. The molecule has 2 rings (SSSR count). The van der Waals surface area contributed by atoms with E-state index in [4.69, 9.17) is 10.5 Å². The Labute approximate surface area is 134 Å². The number of nitrogens with two attached hydrogens (primary N) is 1. The third kappa shape index (κ3) is 4.76. The number of rotatable bonds is 6. The van der Waals surface area contributed by atoms with Crippen LogP contribution in [0.4, 0.5) is 5.69 Å². The minimum Gasteiger partial charge on any atom is -0.492 e. The lowest BCUT2D eigenvalue weighted by Crippen LogP contribution is -2.27. The SMILES string of the molecule is CC(c1cccc(N)c1)N(C)CCOc1ccc(Br)cc1. The van der Waals surface area contributed by atoms with Crippen LogP contribution in [0.2, 0.25) is 0 Å². The van der Waals surface area contributed by atoms with Gasteiger partial charge in [-0.2, -0.15) is 0 Å². The average molecular weight is 349 g/mol. The summed E-state index contributed by atoms with van der Waals surface area (Å²) in [6, 6.07) is 16.2. The molecule has 1 unspecified atom stereocenters. The minimum atomic E-state index is 0.307. The van der Waals surface area contributed by atoms with Crippen molar-refractivity contribution in [3.63, 3.8) is 0 Å². The van der Waals surface area contributed by atoms with Gasteiger partial charge in [0, 0.05) is 22.7 Å². The summed E-state index contributed by atoms with van der Waals surface area (Å²) in [5, 5.41) is 0. The number of nitrogens with zero attached hydrogens (tertiary/aromatic N) is 1. The molecule has 0 aliphatic heterocycles. The van der Waals surface area contributed by atoms with Crippen molar-refractivity contribution in [2.24, 2.45) is 0 Å². The van der Waals surface area contributed by atoms with Crippen LogP contribution < -0.4 is 10.5 Å². The molecular weight excluding hydrogens is 328 g/mol. The Hall–Kier alpha value is -1.52. The highest BCUT2D eigenvalue weighted by Gasteiger charge is 2.11. The predicted octanol–water partition coefficient (Wildman–Crippen LogP) is 4.10. The maximum Gasteiger partial charge on any atom is 0.119 e. The lowest BCUT2D eigenvalue weighted by atomic mass is 10.1. The van der Waals surface area contributed by atoms with Gasteiger partial charge in [0.1, 0.15) is 12.4 Å². The highest BCUT2D eigenvalue weighted by molar-refractivity contribution is 9.10. The number of likely N-dealkylation sites (N-methyl/N-ethyl adjacent to an activating group) is 1. The molecule has 0 fully saturated rings. The summed E-state index contributed by atoms with van der Waals surface area (Å²) in [7, 11) is 2.10. The highest BCUT2D eigenvalue weighted by atomic mass is 79.9. The third-order valence-corrected chi connectivity index (χ3v) is 4.11. The monoisotopic (exact) mass is 348 g/mol. The van der Waals surface area contributed by atoms with E-state index in [1.165, 1.54) is 5.56 Å². The molecule has 112 valence electrons. The van der Waals surface area contributed by atoms with Crippen LogP contribution in [0.5, 0.6) is 5.75 Å². The average Bonchev–Trinajstić information content (AvgIpc) is 2.48. The molecule has 0 amide bonds. The molecule has 0 bridgehead atoms. The topological polar surface area (TPSA) is 38.5 Å². The zero-order chi connectivity index (χ0) is 15.2. The quantitative estimate of drug-likeness (QED) is 0.798. The van der Waals surface area contributed by atoms with E-state index >= 15 is 0 Å². The predicted molar refractivity (Wildman–Crippen MR) is 91.5 cm³/mol. The number of ether oxygens (including phenoxy) is 1. The Morgan fingerprint density at radius 3 is 2.57 bits per heavy atom. The van der Waals surface area contributed by atoms with E-state index in [1.807, 2.05) is 42.5 Å². The third-order valence-electron chi connectivity index (χ3n) is 3.58. The summed E-state index contributed by atoms with van der Waals surface area (Å²) in [6.07, 6.45) is 0. The van der Waals surface area contributed by atoms with Crippen LogP contribution in [0, 0.1) is 0 Å². The summed E-state index contributed by atoms with van der Waals surface area (Å²) in [5.74, 6) is 0.892. The van der Waals surface area contributed by atoms with Crippen LogP contribution >= 0.6 is 15.9 Å². The smallest absolute Gasteiger partial charge is 0.119 e. The Balaban J connectivity index is 1.84. The van der Waals surface area contributed by atoms with Crippen molar-refractivity contribution in [1.29, 1.82) is 0 Å². The fourth-order valence-corrected chi connectivity index (χ4v) is 2.37. The first-order chi connectivity index (χ1) is 10.1. The Morgan fingerprint density at radius 1 is 1.19 bits per heavy atom. The molecule has 0 aliphatic carbocycles. The normalized spacial score (nSPS) is 12.4. The van der Waals surface area contributed by atoms with Crippen molar-refractivity contribution in [2.45, 2.75) is 13.0 Å². The van der Waals surface area contributed by atoms with Gasteiger partial charge in [-0.25, -0.2) is 0 Å². The first-order valence-corrected chi connectivity index (χ1v) is 7.79. The van der Waals surface area contributed by atoms with Gasteiger partial charge in [0.25, 0.3) is 0 Å². The van der Waals surface area contributed by atoms with Crippen LogP contribution in [0.25, 0.3) is 0 Å². The van der Waals surface area contributed by atoms with Crippen molar-refractivity contribution >= 4 is 21.6 Å². The van der Waals surface area contributed by atoms with Gasteiger partial charge >= 0.3 is 0 Å². The van der Waals surface area contributed by atoms with Crippen molar-refractivity contribution in [3.8, 4) is 5.75 Å². The van der Waals surface area contributed by atoms with Gasteiger partial charge in [-0.05, 0) is 55.9 Å². The Kier molecular flexibility index (Phi) is 5.65. The molecule has 0 heterocycles. The van der Waals surface area contributed by atoms with Gasteiger partial charge in [-0.1, -0.05) is 28.1 Å². The van der Waals surface area contributed by atoms with Crippen LogP contribution in [0.15, 0.2) is 53.0 Å². The van der Waals surface area contributed by atoms with E-state index in [0.717, 1.165) is 22.5 Å². The van der Waals surface area contributed by atoms with E-state index in [9.17, 15) is 0 Å². The molecule has 3 nitrogen and oxygen atoms in total. The van der Waals surface area contributed by atoms with Crippen LogP contribution in [0.3, 0.4) is 0 Å². The van der Waals surface area contributed by atoms with Crippen LogP contribution in [0.1, 0.15) is 18.5 Å². The standard InChI is InChI=1S/C17H21BrN2O/c1-13(14-4-3-5-16(19)12-14)20(2)10-11-21-17-8-6-15(18)7-9-17/h3-9,12-13H,10-11,19H2,1-2H3. The molecule has 2 aromatic rings. The van der Waals surface area contributed by atoms with E-state index in [0.29, 0.717) is 12.6 Å². The van der Waals surface area contributed by atoms with Gasteiger partial charge in [0.2, 0.25) is 0 Å². The largest absolute Gasteiger partial charge is 0.492 e. The van der Waals surface area contributed by atoms with E-state index < -0.39 is 0 Å². The fraction of sp³-hybridized carbons (Fsp3) is 0.294. The first-order valence-electron chi connectivity index (χ1n) is 7.00. The van der Waals surface area contributed by atoms with E-state index in [2.05, 4.69) is 40.9 Å². The van der Waals surface area contributed by atoms with Gasteiger partial charge in [-0.15, -0.1) is 0 Å². The number of halogens is 1. The summed E-state index contributed by atoms with van der Waals surface area (Å²) in [4.78, 5) is 2.26. The van der Waals surface area contributed by atoms with Crippen molar-refractivity contribution in [2.75, 3.05) is 25.9 Å². The Bertz CT molecular complexity index is 571. The number of anilines is 1. The molecule has 0 saturated carbocycles. The molecule has 0 aliphatic rings. The minimum absolute atomic E-state index is 0.307. The molecule has 0 saturated heterocycles. The summed E-state index contributed by atoms with van der Waals surface area (Å²) >= 11 is 3.41. The molecule has 1 atom stereocenters. The number of benzene rings is 2. The fourth-order valence-electron chi connectivity index (χ4n) is 2.11. The van der Waals surface area contributed by atoms with E-state index in [-0.39, 0.29) is 0 Å². The van der Waals surface area contributed by atoms with Gasteiger partial charge < -0.3 is 10.5 Å². The zero-order valence-corrected chi connectivity index (χ0v) is 14.0. The highest BCUT2D eigenvalue weighted by Crippen LogP contribution is 2.21.